The minimum atomic E-state index is -0.158. The largest absolute Gasteiger partial charge is 0.497 e. The second-order valence-corrected chi connectivity index (χ2v) is 8.96. The molecule has 0 spiro atoms. The quantitative estimate of drug-likeness (QED) is 0.320. The summed E-state index contributed by atoms with van der Waals surface area (Å²) in [7, 11) is 3.26. The first-order valence-electron chi connectivity index (χ1n) is 10.9. The molecule has 0 fully saturated rings. The Kier molecular flexibility index (Phi) is 5.98. The Morgan fingerprint density at radius 1 is 0.941 bits per heavy atom. The molecule has 0 unspecified atom stereocenters. The minimum Gasteiger partial charge on any atom is -0.497 e. The van der Waals surface area contributed by atoms with Gasteiger partial charge >= 0.3 is 0 Å². The van der Waals surface area contributed by atoms with Crippen molar-refractivity contribution in [2.75, 3.05) is 20.0 Å². The van der Waals surface area contributed by atoms with E-state index in [-0.39, 0.29) is 5.56 Å². The van der Waals surface area contributed by atoms with E-state index in [9.17, 15) is 4.79 Å². The molecule has 7 nitrogen and oxygen atoms in total. The summed E-state index contributed by atoms with van der Waals surface area (Å²) in [5.41, 5.74) is 3.50. The molecular weight excluding hydrogens is 448 g/mol. The number of fused-ring (bicyclic) bond motifs is 3. The van der Waals surface area contributed by atoms with Gasteiger partial charge < -0.3 is 9.47 Å². The van der Waals surface area contributed by atoms with Gasteiger partial charge in [-0.1, -0.05) is 42.1 Å². The van der Waals surface area contributed by atoms with Gasteiger partial charge in [0.05, 0.1) is 30.8 Å². The van der Waals surface area contributed by atoms with Gasteiger partial charge in [0.15, 0.2) is 5.16 Å². The van der Waals surface area contributed by atoms with Crippen LogP contribution in [0.2, 0.25) is 0 Å². The molecule has 3 aromatic carbocycles. The molecule has 0 N–H and O–H groups in total. The van der Waals surface area contributed by atoms with Crippen molar-refractivity contribution in [1.29, 1.82) is 0 Å². The molecule has 0 aliphatic heterocycles. The summed E-state index contributed by atoms with van der Waals surface area (Å²) < 4.78 is 14.4. The molecule has 5 aromatic rings. The Balaban J connectivity index is 1.60. The molecule has 2 aromatic heterocycles. The molecule has 0 aliphatic carbocycles. The molecule has 0 bridgehead atoms. The Bertz CT molecular complexity index is 1540. The van der Waals surface area contributed by atoms with Gasteiger partial charge in [-0.2, -0.15) is 0 Å². The van der Waals surface area contributed by atoms with Crippen LogP contribution >= 0.6 is 11.8 Å². The molecule has 0 amide bonds. The minimum absolute atomic E-state index is 0.158. The van der Waals surface area contributed by atoms with Crippen LogP contribution < -0.4 is 15.0 Å². The Morgan fingerprint density at radius 3 is 2.50 bits per heavy atom. The highest BCUT2D eigenvalue weighted by Gasteiger charge is 2.20. The van der Waals surface area contributed by atoms with E-state index in [0.29, 0.717) is 22.6 Å². The van der Waals surface area contributed by atoms with Gasteiger partial charge in [0.25, 0.3) is 5.56 Å². The molecule has 172 valence electrons. The maximum Gasteiger partial charge on any atom is 0.267 e. The summed E-state index contributed by atoms with van der Waals surface area (Å²) in [5.74, 6) is 2.71. The van der Waals surface area contributed by atoms with Crippen molar-refractivity contribution in [1.82, 2.24) is 19.2 Å². The van der Waals surface area contributed by atoms with Crippen molar-refractivity contribution >= 4 is 28.4 Å². The second-order valence-electron chi connectivity index (χ2n) is 7.90. The number of ether oxygens (including phenoxy) is 2. The molecule has 34 heavy (non-hydrogen) atoms. The maximum atomic E-state index is 13.6. The van der Waals surface area contributed by atoms with Crippen LogP contribution in [0.25, 0.3) is 22.4 Å². The summed E-state index contributed by atoms with van der Waals surface area (Å²) in [4.78, 5) is 13.6. The van der Waals surface area contributed by atoms with Gasteiger partial charge in [0.1, 0.15) is 11.5 Å². The SMILES string of the molecule is COc1ccc(CCSc2nnc3n(-c4cc(C)ccc4OC)c(=O)c4ccccc4n23)cc1. The van der Waals surface area contributed by atoms with Gasteiger partial charge in [-0.05, 0) is 60.9 Å². The number of hydrogen-bond donors (Lipinski definition) is 0. The summed E-state index contributed by atoms with van der Waals surface area (Å²) >= 11 is 1.61. The van der Waals surface area contributed by atoms with Gasteiger partial charge in [0.2, 0.25) is 5.78 Å². The highest BCUT2D eigenvalue weighted by Crippen LogP contribution is 2.28. The number of methoxy groups -OCH3 is 2. The molecule has 0 saturated heterocycles. The molecular formula is C26H24N4O3S. The summed E-state index contributed by atoms with van der Waals surface area (Å²) in [6, 6.07) is 21.4. The fourth-order valence-electron chi connectivity index (χ4n) is 4.02. The van der Waals surface area contributed by atoms with Gasteiger partial charge in [-0.3, -0.25) is 9.20 Å². The highest BCUT2D eigenvalue weighted by molar-refractivity contribution is 7.99. The van der Waals surface area contributed by atoms with Crippen LogP contribution in [0.15, 0.2) is 76.7 Å². The summed E-state index contributed by atoms with van der Waals surface area (Å²) in [6.45, 7) is 1.98. The van der Waals surface area contributed by atoms with Crippen LogP contribution in [0.4, 0.5) is 0 Å². The van der Waals surface area contributed by atoms with Crippen molar-refractivity contribution in [2.45, 2.75) is 18.5 Å². The van der Waals surface area contributed by atoms with Crippen LogP contribution in [-0.4, -0.2) is 39.1 Å². The Labute approximate surface area is 201 Å². The first-order chi connectivity index (χ1) is 16.6. The average Bonchev–Trinajstić information content (AvgIpc) is 3.28. The molecule has 2 heterocycles. The van der Waals surface area contributed by atoms with E-state index in [4.69, 9.17) is 9.47 Å². The third kappa shape index (κ3) is 3.90. The predicted molar refractivity (Wildman–Crippen MR) is 135 cm³/mol. The first kappa shape index (κ1) is 22.0. The zero-order chi connectivity index (χ0) is 23.7. The van der Waals surface area contributed by atoms with Crippen LogP contribution in [0.3, 0.4) is 0 Å². The van der Waals surface area contributed by atoms with Gasteiger partial charge in [0, 0.05) is 5.75 Å². The Morgan fingerprint density at radius 2 is 1.74 bits per heavy atom. The van der Waals surface area contributed by atoms with E-state index >= 15 is 0 Å². The number of para-hydroxylation sites is 1. The van der Waals surface area contributed by atoms with E-state index in [1.807, 2.05) is 65.9 Å². The molecule has 0 atom stereocenters. The maximum absolute atomic E-state index is 13.6. The van der Waals surface area contributed by atoms with Crippen LogP contribution in [0, 0.1) is 6.92 Å². The zero-order valence-corrected chi connectivity index (χ0v) is 20.0. The lowest BCUT2D eigenvalue weighted by atomic mass is 10.2. The zero-order valence-electron chi connectivity index (χ0n) is 19.2. The van der Waals surface area contributed by atoms with Crippen LogP contribution in [0.1, 0.15) is 11.1 Å². The van der Waals surface area contributed by atoms with Crippen molar-refractivity contribution in [2.24, 2.45) is 0 Å². The summed E-state index contributed by atoms with van der Waals surface area (Å²) in [5, 5.41) is 10.2. The third-order valence-electron chi connectivity index (χ3n) is 5.75. The second kappa shape index (κ2) is 9.23. The topological polar surface area (TPSA) is 70.7 Å². The molecule has 0 aliphatic rings. The lowest BCUT2D eigenvalue weighted by molar-refractivity contribution is 0.412. The fourth-order valence-corrected chi connectivity index (χ4v) is 4.94. The van der Waals surface area contributed by atoms with Crippen LogP contribution in [0.5, 0.6) is 11.5 Å². The predicted octanol–water partition coefficient (Wildman–Crippen LogP) is 4.69. The van der Waals surface area contributed by atoms with Crippen molar-refractivity contribution in [3.05, 3.63) is 88.2 Å². The average molecular weight is 473 g/mol. The van der Waals surface area contributed by atoms with Gasteiger partial charge in [-0.15, -0.1) is 10.2 Å². The van der Waals surface area contributed by atoms with Crippen molar-refractivity contribution in [3.8, 4) is 17.2 Å². The van der Waals surface area contributed by atoms with Crippen molar-refractivity contribution in [3.63, 3.8) is 0 Å². The number of rotatable bonds is 7. The number of benzene rings is 3. The lowest BCUT2D eigenvalue weighted by Gasteiger charge is -2.14. The summed E-state index contributed by atoms with van der Waals surface area (Å²) in [6.07, 6.45) is 0.868. The van der Waals surface area contributed by atoms with E-state index < -0.39 is 0 Å². The number of hydrogen-bond acceptors (Lipinski definition) is 6. The van der Waals surface area contributed by atoms with Crippen molar-refractivity contribution < 1.29 is 9.47 Å². The molecule has 0 saturated carbocycles. The molecule has 0 radical (unpaired) electrons. The third-order valence-corrected chi connectivity index (χ3v) is 6.68. The van der Waals surface area contributed by atoms with Crippen LogP contribution in [-0.2, 0) is 6.42 Å². The van der Waals surface area contributed by atoms with E-state index in [0.717, 1.165) is 34.2 Å². The first-order valence-corrected chi connectivity index (χ1v) is 11.9. The normalized spacial score (nSPS) is 11.3. The number of aromatic nitrogens is 4. The van der Waals surface area contributed by atoms with Gasteiger partial charge in [-0.25, -0.2) is 4.57 Å². The fraction of sp³-hybridized carbons (Fsp3) is 0.192. The number of aryl methyl sites for hydroxylation is 2. The number of nitrogens with zero attached hydrogens (tertiary/aromatic N) is 4. The van der Waals surface area contributed by atoms with E-state index in [2.05, 4.69) is 22.3 Å². The smallest absolute Gasteiger partial charge is 0.267 e. The standard InChI is InChI=1S/C26H24N4O3S/c1-17-8-13-23(33-3)22(16-17)29-24(31)20-6-4-5-7-21(20)30-25(29)27-28-26(30)34-15-14-18-9-11-19(32-2)12-10-18/h4-13,16H,14-15H2,1-3H3. The highest BCUT2D eigenvalue weighted by atomic mass is 32.2. The van der Waals surface area contributed by atoms with E-state index in [1.165, 1.54) is 5.56 Å². The Hall–Kier alpha value is -3.78. The monoisotopic (exact) mass is 472 g/mol. The number of thioether (sulfide) groups is 1. The lowest BCUT2D eigenvalue weighted by Crippen LogP contribution is -2.22. The molecule has 8 heteroatoms. The molecule has 5 rings (SSSR count). The van der Waals surface area contributed by atoms with E-state index in [1.54, 1.807) is 30.5 Å².